The number of anilines is 1. The van der Waals surface area contributed by atoms with E-state index in [4.69, 9.17) is 0 Å². The molecule has 0 radical (unpaired) electrons. The van der Waals surface area contributed by atoms with Gasteiger partial charge in [-0.1, -0.05) is 29.5 Å². The highest BCUT2D eigenvalue weighted by atomic mass is 32.1. The molecule has 0 saturated carbocycles. The molecule has 0 bridgehead atoms. The Bertz CT molecular complexity index is 782. The summed E-state index contributed by atoms with van der Waals surface area (Å²) in [4.78, 5) is 17.6. The van der Waals surface area contributed by atoms with E-state index >= 15 is 0 Å². The molecule has 0 aliphatic heterocycles. The van der Waals surface area contributed by atoms with Gasteiger partial charge in [-0.15, -0.1) is 0 Å². The zero-order valence-electron chi connectivity index (χ0n) is 11.5. The number of aromatic nitrogens is 3. The average molecular weight is 286 g/mol. The third-order valence-electron chi connectivity index (χ3n) is 3.25. The molecule has 0 spiro atoms. The van der Waals surface area contributed by atoms with E-state index in [0.717, 1.165) is 21.8 Å². The lowest BCUT2D eigenvalue weighted by Gasteiger charge is -2.11. The summed E-state index contributed by atoms with van der Waals surface area (Å²) in [5.74, 6) is -0.182. The van der Waals surface area contributed by atoms with Crippen molar-refractivity contribution in [1.29, 1.82) is 0 Å². The Morgan fingerprint density at radius 2 is 1.95 bits per heavy atom. The van der Waals surface area contributed by atoms with Crippen LogP contribution in [-0.2, 0) is 0 Å². The van der Waals surface area contributed by atoms with Crippen LogP contribution in [0.1, 0.15) is 27.3 Å². The van der Waals surface area contributed by atoms with Gasteiger partial charge >= 0.3 is 0 Å². The van der Waals surface area contributed by atoms with Gasteiger partial charge in [0.15, 0.2) is 5.69 Å². The number of imidazole rings is 1. The van der Waals surface area contributed by atoms with Crippen LogP contribution in [0.15, 0.2) is 23.7 Å². The second kappa shape index (κ2) is 4.72. The highest BCUT2D eigenvalue weighted by molar-refractivity contribution is 7.14. The predicted octanol–water partition coefficient (Wildman–Crippen LogP) is 2.97. The van der Waals surface area contributed by atoms with Gasteiger partial charge in [0.05, 0.1) is 5.69 Å². The maximum Gasteiger partial charge on any atom is 0.276 e. The molecule has 20 heavy (non-hydrogen) atoms. The lowest BCUT2D eigenvalue weighted by Crippen LogP contribution is -2.17. The molecule has 1 aromatic carbocycles. The van der Waals surface area contributed by atoms with Crippen molar-refractivity contribution in [3.05, 3.63) is 46.2 Å². The first kappa shape index (κ1) is 12.8. The summed E-state index contributed by atoms with van der Waals surface area (Å²) in [7, 11) is 0. The van der Waals surface area contributed by atoms with Crippen LogP contribution in [-0.4, -0.2) is 20.5 Å². The maximum atomic E-state index is 12.5. The highest BCUT2D eigenvalue weighted by Gasteiger charge is 2.19. The summed E-state index contributed by atoms with van der Waals surface area (Å²) in [6.07, 6.45) is 0. The summed E-state index contributed by atoms with van der Waals surface area (Å²) in [5, 5.41) is 7.13. The molecule has 0 aliphatic carbocycles. The molecular formula is C14H14N4OS. The number of hydrogen-bond acceptors (Lipinski definition) is 4. The molecule has 5 nitrogen and oxygen atoms in total. The molecule has 3 aromatic rings. The maximum absolute atomic E-state index is 12.5. The van der Waals surface area contributed by atoms with Crippen molar-refractivity contribution >= 4 is 27.9 Å². The zero-order valence-corrected chi connectivity index (χ0v) is 12.3. The van der Waals surface area contributed by atoms with E-state index < -0.39 is 0 Å². The number of carbonyl (C=O) groups excluding carboxylic acids is 1. The van der Waals surface area contributed by atoms with Crippen LogP contribution in [0, 0.1) is 20.8 Å². The summed E-state index contributed by atoms with van der Waals surface area (Å²) >= 11 is 1.41. The van der Waals surface area contributed by atoms with Gasteiger partial charge < -0.3 is 5.32 Å². The van der Waals surface area contributed by atoms with Crippen molar-refractivity contribution < 1.29 is 4.79 Å². The lowest BCUT2D eigenvalue weighted by molar-refractivity contribution is 0.101. The third kappa shape index (κ3) is 1.98. The fourth-order valence-corrected chi connectivity index (χ4v) is 2.90. The molecule has 102 valence electrons. The lowest BCUT2D eigenvalue weighted by atomic mass is 10.1. The quantitative estimate of drug-likeness (QED) is 0.788. The van der Waals surface area contributed by atoms with Crippen molar-refractivity contribution in [2.24, 2.45) is 0 Å². The van der Waals surface area contributed by atoms with E-state index in [1.54, 1.807) is 10.0 Å². The third-order valence-corrected chi connectivity index (χ3v) is 3.93. The van der Waals surface area contributed by atoms with Crippen molar-refractivity contribution in [2.45, 2.75) is 20.8 Å². The molecule has 0 aliphatic rings. The van der Waals surface area contributed by atoms with Crippen LogP contribution in [0.5, 0.6) is 0 Å². The number of nitrogens with zero attached hydrogens (tertiary/aromatic N) is 3. The van der Waals surface area contributed by atoms with Gasteiger partial charge in [0.2, 0.25) is 4.96 Å². The second-order valence-corrected chi connectivity index (χ2v) is 5.51. The van der Waals surface area contributed by atoms with E-state index in [-0.39, 0.29) is 5.91 Å². The van der Waals surface area contributed by atoms with Gasteiger partial charge in [-0.25, -0.2) is 4.98 Å². The Hall–Kier alpha value is -2.21. The summed E-state index contributed by atoms with van der Waals surface area (Å²) in [6, 6.07) is 5.93. The monoisotopic (exact) mass is 286 g/mol. The van der Waals surface area contributed by atoms with Crippen LogP contribution >= 0.6 is 11.3 Å². The first-order valence-corrected chi connectivity index (χ1v) is 7.12. The Morgan fingerprint density at radius 3 is 2.65 bits per heavy atom. The number of hydrogen-bond donors (Lipinski definition) is 1. The normalized spacial score (nSPS) is 10.9. The molecule has 2 heterocycles. The van der Waals surface area contributed by atoms with Gasteiger partial charge in [-0.05, 0) is 31.9 Å². The number of fused-ring (bicyclic) bond motifs is 1. The minimum absolute atomic E-state index is 0.182. The molecule has 0 fully saturated rings. The molecule has 1 amide bonds. The van der Waals surface area contributed by atoms with Gasteiger partial charge in [-0.2, -0.15) is 9.61 Å². The SMILES string of the molecule is Cc1cccc(C)c1NC(=O)c1c(C)nc2scnn12. The van der Waals surface area contributed by atoms with Crippen LogP contribution in [0.3, 0.4) is 0 Å². The molecule has 0 unspecified atom stereocenters. The van der Waals surface area contributed by atoms with Crippen molar-refractivity contribution in [2.75, 3.05) is 5.32 Å². The fraction of sp³-hybridized carbons (Fsp3) is 0.214. The zero-order chi connectivity index (χ0) is 14.3. The van der Waals surface area contributed by atoms with Crippen LogP contribution < -0.4 is 5.32 Å². The average Bonchev–Trinajstić information content (AvgIpc) is 2.93. The van der Waals surface area contributed by atoms with E-state index in [2.05, 4.69) is 15.4 Å². The summed E-state index contributed by atoms with van der Waals surface area (Å²) in [6.45, 7) is 5.77. The topological polar surface area (TPSA) is 59.3 Å². The smallest absolute Gasteiger partial charge is 0.276 e. The Kier molecular flexibility index (Phi) is 3.02. The predicted molar refractivity (Wildman–Crippen MR) is 79.5 cm³/mol. The van der Waals surface area contributed by atoms with Gasteiger partial charge in [0.25, 0.3) is 5.91 Å². The molecular weight excluding hydrogens is 272 g/mol. The molecule has 6 heteroatoms. The molecule has 1 N–H and O–H groups in total. The number of rotatable bonds is 2. The van der Waals surface area contributed by atoms with Gasteiger partial charge in [0, 0.05) is 5.69 Å². The Labute approximate surface area is 120 Å². The van der Waals surface area contributed by atoms with E-state index in [0.29, 0.717) is 11.4 Å². The minimum Gasteiger partial charge on any atom is -0.320 e. The van der Waals surface area contributed by atoms with Crippen molar-refractivity contribution in [3.63, 3.8) is 0 Å². The van der Waals surface area contributed by atoms with Crippen LogP contribution in [0.4, 0.5) is 5.69 Å². The molecule has 2 aromatic heterocycles. The van der Waals surface area contributed by atoms with Crippen LogP contribution in [0.2, 0.25) is 0 Å². The second-order valence-electron chi connectivity index (χ2n) is 4.70. The van der Waals surface area contributed by atoms with Gasteiger partial charge in [-0.3, -0.25) is 4.79 Å². The fourth-order valence-electron chi connectivity index (χ4n) is 2.24. The molecule has 0 saturated heterocycles. The highest BCUT2D eigenvalue weighted by Crippen LogP contribution is 2.22. The van der Waals surface area contributed by atoms with E-state index in [9.17, 15) is 4.79 Å². The van der Waals surface area contributed by atoms with E-state index in [1.165, 1.54) is 11.3 Å². The summed E-state index contributed by atoms with van der Waals surface area (Å²) in [5.41, 5.74) is 5.78. The summed E-state index contributed by atoms with van der Waals surface area (Å²) < 4.78 is 1.59. The van der Waals surface area contributed by atoms with Crippen molar-refractivity contribution in [1.82, 2.24) is 14.6 Å². The van der Waals surface area contributed by atoms with Crippen molar-refractivity contribution in [3.8, 4) is 0 Å². The van der Waals surface area contributed by atoms with Gasteiger partial charge in [0.1, 0.15) is 5.51 Å². The number of nitrogens with one attached hydrogen (secondary N) is 1. The van der Waals surface area contributed by atoms with E-state index in [1.807, 2.05) is 39.0 Å². The first-order valence-electron chi connectivity index (χ1n) is 6.24. The number of aryl methyl sites for hydroxylation is 3. The Morgan fingerprint density at radius 1 is 1.25 bits per heavy atom. The van der Waals surface area contributed by atoms with Crippen LogP contribution in [0.25, 0.3) is 4.96 Å². The number of carbonyl (C=O) groups is 1. The minimum atomic E-state index is -0.182. The number of benzene rings is 1. The number of amides is 1. The largest absolute Gasteiger partial charge is 0.320 e. The first-order chi connectivity index (χ1) is 9.58. The molecule has 0 atom stereocenters. The molecule has 3 rings (SSSR count). The Balaban J connectivity index is 2.01. The standard InChI is InChI=1S/C14H14N4OS/c1-8-5-4-6-9(2)11(8)17-13(19)12-10(3)16-14-18(12)15-7-20-14/h4-7H,1-3H3,(H,17,19). The number of para-hydroxylation sites is 1.